The number of aromatic amines is 1. The molecule has 0 bridgehead atoms. The third-order valence-corrected chi connectivity index (χ3v) is 3.47. The van der Waals surface area contributed by atoms with Crippen molar-refractivity contribution in [2.45, 2.75) is 0 Å². The minimum atomic E-state index is -1.00. The summed E-state index contributed by atoms with van der Waals surface area (Å²) in [5.74, 6) is -1.09. The van der Waals surface area contributed by atoms with Gasteiger partial charge in [-0.15, -0.1) is 10.2 Å². The average molecular weight is 340 g/mol. The number of hydrogen-bond donors (Lipinski definition) is 4. The maximum absolute atomic E-state index is 10.8. The molecular weight excluding hydrogens is 328 g/mol. The van der Waals surface area contributed by atoms with E-state index in [1.807, 2.05) is 18.2 Å². The second kappa shape index (κ2) is 6.47. The molecule has 0 saturated heterocycles. The number of aromatic carboxylic acids is 1. The fourth-order valence-corrected chi connectivity index (χ4v) is 2.31. The van der Waals surface area contributed by atoms with Gasteiger partial charge in [0.25, 0.3) is 0 Å². The zero-order valence-corrected chi connectivity index (χ0v) is 13.0. The van der Waals surface area contributed by atoms with Gasteiger partial charge in [0.1, 0.15) is 0 Å². The highest BCUT2D eigenvalue weighted by atomic mass is 32.1. The van der Waals surface area contributed by atoms with E-state index in [1.165, 1.54) is 12.1 Å². The number of nitrogens with one attached hydrogen (secondary N) is 2. The fourth-order valence-electron chi connectivity index (χ4n) is 2.15. The Morgan fingerprint density at radius 2 is 1.83 bits per heavy atom. The lowest BCUT2D eigenvalue weighted by Crippen LogP contribution is -2.05. The number of aromatic hydroxyl groups is 1. The Hall–Kier alpha value is -3.26. The van der Waals surface area contributed by atoms with Crippen LogP contribution in [0.15, 0.2) is 58.8 Å². The zero-order chi connectivity index (χ0) is 17.1. The molecule has 120 valence electrons. The van der Waals surface area contributed by atoms with Crippen molar-refractivity contribution in [3.63, 3.8) is 0 Å². The van der Waals surface area contributed by atoms with Crippen LogP contribution in [0.25, 0.3) is 10.9 Å². The molecule has 0 radical (unpaired) electrons. The van der Waals surface area contributed by atoms with Gasteiger partial charge in [0, 0.05) is 11.1 Å². The summed E-state index contributed by atoms with van der Waals surface area (Å²) in [7, 11) is 0. The normalized spacial score (nSPS) is 11.0. The van der Waals surface area contributed by atoms with Crippen LogP contribution in [0.2, 0.25) is 0 Å². The van der Waals surface area contributed by atoms with Crippen LogP contribution in [0.5, 0.6) is 5.88 Å². The van der Waals surface area contributed by atoms with Crippen molar-refractivity contribution in [3.05, 3.63) is 54.1 Å². The minimum absolute atomic E-state index is 0.0859. The average Bonchev–Trinajstić information content (AvgIpc) is 2.88. The van der Waals surface area contributed by atoms with Gasteiger partial charge in [-0.25, -0.2) is 4.79 Å². The first-order valence-corrected chi connectivity index (χ1v) is 7.31. The summed E-state index contributed by atoms with van der Waals surface area (Å²) in [5.41, 5.74) is 1.81. The van der Waals surface area contributed by atoms with E-state index >= 15 is 0 Å². The zero-order valence-electron chi connectivity index (χ0n) is 12.2. The third kappa shape index (κ3) is 3.23. The molecule has 0 atom stereocenters. The third-order valence-electron chi connectivity index (χ3n) is 3.28. The summed E-state index contributed by atoms with van der Waals surface area (Å²) in [4.78, 5) is 13.6. The molecule has 4 N–H and O–H groups in total. The lowest BCUT2D eigenvalue weighted by molar-refractivity contribution is 0.0697. The van der Waals surface area contributed by atoms with E-state index in [2.05, 4.69) is 20.5 Å². The molecule has 24 heavy (non-hydrogen) atoms. The number of fused-ring (bicyclic) bond motifs is 1. The first-order chi connectivity index (χ1) is 11.5. The first kappa shape index (κ1) is 15.6. The molecule has 0 unspecified atom stereocenters. The van der Waals surface area contributed by atoms with Crippen molar-refractivity contribution in [3.8, 4) is 5.88 Å². The van der Waals surface area contributed by atoms with Gasteiger partial charge in [-0.05, 0) is 42.5 Å². The molecule has 0 saturated carbocycles. The van der Waals surface area contributed by atoms with E-state index in [4.69, 9.17) is 17.3 Å². The van der Waals surface area contributed by atoms with Crippen LogP contribution in [0, 0.1) is 0 Å². The molecule has 0 spiro atoms. The Kier molecular flexibility index (Phi) is 4.21. The largest absolute Gasteiger partial charge is 0.493 e. The summed E-state index contributed by atoms with van der Waals surface area (Å²) in [6.45, 7) is 0. The molecule has 3 rings (SSSR count). The monoisotopic (exact) mass is 340 g/mol. The summed E-state index contributed by atoms with van der Waals surface area (Å²) in [6, 6.07) is 13.4. The molecule has 3 aromatic rings. The second-order valence-electron chi connectivity index (χ2n) is 4.88. The van der Waals surface area contributed by atoms with Gasteiger partial charge in [0.2, 0.25) is 11.0 Å². The standard InChI is InChI=1S/C16H12N4O3S/c21-14-13(11-3-1-2-4-12(11)18-14)19-20-16(24)17-10-7-5-9(6-8-10)15(22)23/h1-8,18,21H,(H,17,24)(H,22,23). The molecule has 0 aliphatic heterocycles. The predicted octanol–water partition coefficient (Wildman–Crippen LogP) is 4.05. The number of carboxylic acid groups (broad SMARTS) is 1. The number of azo groups is 1. The minimum Gasteiger partial charge on any atom is -0.493 e. The van der Waals surface area contributed by atoms with Crippen LogP contribution >= 0.6 is 12.2 Å². The molecule has 0 aliphatic rings. The van der Waals surface area contributed by atoms with Gasteiger partial charge in [-0.1, -0.05) is 18.2 Å². The van der Waals surface area contributed by atoms with E-state index in [-0.39, 0.29) is 16.6 Å². The Balaban J connectivity index is 1.75. The van der Waals surface area contributed by atoms with Gasteiger partial charge >= 0.3 is 5.97 Å². The quantitative estimate of drug-likeness (QED) is 0.425. The van der Waals surface area contributed by atoms with Crippen LogP contribution < -0.4 is 5.32 Å². The van der Waals surface area contributed by atoms with Gasteiger partial charge < -0.3 is 20.5 Å². The van der Waals surface area contributed by atoms with E-state index in [1.54, 1.807) is 18.2 Å². The summed E-state index contributed by atoms with van der Waals surface area (Å²) < 4.78 is 0. The number of aromatic nitrogens is 1. The number of thiocarbonyl (C=S) groups is 1. The van der Waals surface area contributed by atoms with Gasteiger partial charge in [-0.3, -0.25) is 0 Å². The van der Waals surface area contributed by atoms with Gasteiger partial charge in [0.15, 0.2) is 5.69 Å². The topological polar surface area (TPSA) is 110 Å². The number of nitrogens with zero attached hydrogens (tertiary/aromatic N) is 2. The van der Waals surface area contributed by atoms with Crippen molar-refractivity contribution >= 4 is 45.6 Å². The Labute approximate surface area is 141 Å². The smallest absolute Gasteiger partial charge is 0.335 e. The lowest BCUT2D eigenvalue weighted by atomic mass is 10.2. The molecule has 1 heterocycles. The lowest BCUT2D eigenvalue weighted by Gasteiger charge is -2.03. The molecule has 0 amide bonds. The van der Waals surface area contributed by atoms with Crippen molar-refractivity contribution in [2.24, 2.45) is 10.2 Å². The highest BCUT2D eigenvalue weighted by molar-refractivity contribution is 7.80. The maximum atomic E-state index is 10.8. The van der Waals surface area contributed by atoms with Crippen LogP contribution in [0.3, 0.4) is 0 Å². The molecule has 8 heteroatoms. The Morgan fingerprint density at radius 1 is 1.12 bits per heavy atom. The summed E-state index contributed by atoms with van der Waals surface area (Å²) in [5, 5.41) is 30.2. The van der Waals surface area contributed by atoms with Crippen molar-refractivity contribution in [1.82, 2.24) is 4.98 Å². The number of carboxylic acids is 1. The van der Waals surface area contributed by atoms with E-state index < -0.39 is 5.97 Å². The molecule has 0 aliphatic carbocycles. The van der Waals surface area contributed by atoms with Crippen molar-refractivity contribution in [2.75, 3.05) is 5.32 Å². The molecular formula is C16H12N4O3S. The van der Waals surface area contributed by atoms with Crippen LogP contribution in [0.1, 0.15) is 10.4 Å². The Bertz CT molecular complexity index is 948. The molecule has 2 aromatic carbocycles. The summed E-state index contributed by atoms with van der Waals surface area (Å²) >= 11 is 5.08. The molecule has 1 aromatic heterocycles. The van der Waals surface area contributed by atoms with Crippen molar-refractivity contribution < 1.29 is 15.0 Å². The van der Waals surface area contributed by atoms with Crippen LogP contribution in [0.4, 0.5) is 11.4 Å². The highest BCUT2D eigenvalue weighted by Crippen LogP contribution is 2.35. The number of carbonyl (C=O) groups is 1. The number of benzene rings is 2. The van der Waals surface area contributed by atoms with Gasteiger partial charge in [0.05, 0.1) is 11.1 Å². The molecule has 7 nitrogen and oxygen atoms in total. The highest BCUT2D eigenvalue weighted by Gasteiger charge is 2.09. The van der Waals surface area contributed by atoms with Gasteiger partial charge in [-0.2, -0.15) is 0 Å². The maximum Gasteiger partial charge on any atom is 0.335 e. The summed E-state index contributed by atoms with van der Waals surface area (Å²) in [6.07, 6.45) is 0. The fraction of sp³-hybridized carbons (Fsp3) is 0. The van der Waals surface area contributed by atoms with Crippen molar-refractivity contribution in [1.29, 1.82) is 0 Å². The van der Waals surface area contributed by atoms with E-state index in [9.17, 15) is 9.90 Å². The second-order valence-corrected chi connectivity index (χ2v) is 5.27. The number of H-pyrrole nitrogens is 1. The number of para-hydroxylation sites is 1. The number of rotatable bonds is 3. The molecule has 0 fully saturated rings. The van der Waals surface area contributed by atoms with E-state index in [0.29, 0.717) is 11.4 Å². The SMILES string of the molecule is O=C(O)c1ccc(NC(=S)N=Nc2c(O)[nH]c3ccccc23)cc1. The Morgan fingerprint density at radius 3 is 2.54 bits per heavy atom. The first-order valence-electron chi connectivity index (χ1n) is 6.90. The predicted molar refractivity (Wildman–Crippen MR) is 94.1 cm³/mol. The van der Waals surface area contributed by atoms with Crippen LogP contribution in [-0.2, 0) is 0 Å². The number of hydrogen-bond acceptors (Lipinski definition) is 4. The van der Waals surface area contributed by atoms with Crippen LogP contribution in [-0.4, -0.2) is 26.3 Å². The number of anilines is 1. The van der Waals surface area contributed by atoms with E-state index in [0.717, 1.165) is 10.9 Å².